The van der Waals surface area contributed by atoms with Crippen LogP contribution in [0.4, 0.5) is 5.82 Å². The fourth-order valence-electron chi connectivity index (χ4n) is 2.60. The van der Waals surface area contributed by atoms with Crippen molar-refractivity contribution in [1.82, 2.24) is 15.0 Å². The zero-order valence-corrected chi connectivity index (χ0v) is 12.3. The van der Waals surface area contributed by atoms with Crippen LogP contribution in [0.5, 0.6) is 0 Å². The lowest BCUT2D eigenvalue weighted by Gasteiger charge is -2.13. The third-order valence-corrected chi connectivity index (χ3v) is 3.57. The number of hydrogen-bond acceptors (Lipinski definition) is 4. The fraction of sp³-hybridized carbons (Fsp3) is 0.235. The van der Waals surface area contributed by atoms with Crippen molar-refractivity contribution in [1.29, 1.82) is 0 Å². The molecule has 0 aliphatic rings. The van der Waals surface area contributed by atoms with Crippen LogP contribution in [0, 0.1) is 0 Å². The first-order valence-corrected chi connectivity index (χ1v) is 7.26. The van der Waals surface area contributed by atoms with Gasteiger partial charge >= 0.3 is 0 Å². The molecule has 3 aromatic rings. The van der Waals surface area contributed by atoms with Gasteiger partial charge in [-0.1, -0.05) is 31.2 Å². The van der Waals surface area contributed by atoms with Crippen LogP contribution in [-0.2, 0) is 6.42 Å². The standard InChI is InChI=1S/C17H18N4/c1-3-13-16(20-11-21-17(13)19-4-2)15-10-18-9-12-7-5-6-8-14(12)15/h5-11H,3-4H2,1-2H3,(H,19,20,21). The van der Waals surface area contributed by atoms with Crippen LogP contribution >= 0.6 is 0 Å². The normalized spacial score (nSPS) is 10.8. The lowest BCUT2D eigenvalue weighted by Crippen LogP contribution is -2.06. The molecule has 21 heavy (non-hydrogen) atoms. The molecular formula is C17H18N4. The number of rotatable bonds is 4. The summed E-state index contributed by atoms with van der Waals surface area (Å²) in [5, 5.41) is 5.61. The molecule has 2 aromatic heterocycles. The second-order valence-corrected chi connectivity index (χ2v) is 4.84. The van der Waals surface area contributed by atoms with Crippen LogP contribution in [0.1, 0.15) is 19.4 Å². The van der Waals surface area contributed by atoms with Crippen LogP contribution in [-0.4, -0.2) is 21.5 Å². The highest BCUT2D eigenvalue weighted by Gasteiger charge is 2.13. The summed E-state index contributed by atoms with van der Waals surface area (Å²) in [6.07, 6.45) is 6.27. The highest BCUT2D eigenvalue weighted by molar-refractivity contribution is 5.95. The third-order valence-electron chi connectivity index (χ3n) is 3.57. The first-order valence-electron chi connectivity index (χ1n) is 7.26. The Labute approximate surface area is 124 Å². The Bertz CT molecular complexity index is 762. The average molecular weight is 278 g/mol. The Hall–Kier alpha value is -2.49. The summed E-state index contributed by atoms with van der Waals surface area (Å²) < 4.78 is 0. The van der Waals surface area contributed by atoms with Gasteiger partial charge in [-0.15, -0.1) is 0 Å². The van der Waals surface area contributed by atoms with Crippen LogP contribution in [0.3, 0.4) is 0 Å². The molecular weight excluding hydrogens is 260 g/mol. The third kappa shape index (κ3) is 2.44. The van der Waals surface area contributed by atoms with E-state index in [1.807, 2.05) is 24.5 Å². The second kappa shape index (κ2) is 5.87. The van der Waals surface area contributed by atoms with E-state index < -0.39 is 0 Å². The largest absolute Gasteiger partial charge is 0.370 e. The predicted octanol–water partition coefficient (Wildman–Crippen LogP) is 3.69. The van der Waals surface area contributed by atoms with E-state index >= 15 is 0 Å². The zero-order chi connectivity index (χ0) is 14.7. The van der Waals surface area contributed by atoms with Crippen molar-refractivity contribution in [3.8, 4) is 11.3 Å². The molecule has 0 unspecified atom stereocenters. The molecule has 106 valence electrons. The number of pyridine rings is 1. The van der Waals surface area contributed by atoms with Crippen molar-refractivity contribution in [2.45, 2.75) is 20.3 Å². The number of anilines is 1. The molecule has 0 fully saturated rings. The predicted molar refractivity (Wildman–Crippen MR) is 86.3 cm³/mol. The highest BCUT2D eigenvalue weighted by atomic mass is 15.0. The highest BCUT2D eigenvalue weighted by Crippen LogP contribution is 2.31. The quantitative estimate of drug-likeness (QED) is 0.791. The van der Waals surface area contributed by atoms with Gasteiger partial charge in [0.1, 0.15) is 12.1 Å². The monoisotopic (exact) mass is 278 g/mol. The summed E-state index contributed by atoms with van der Waals surface area (Å²) in [4.78, 5) is 13.2. The van der Waals surface area contributed by atoms with Crippen molar-refractivity contribution < 1.29 is 0 Å². The average Bonchev–Trinajstić information content (AvgIpc) is 2.54. The second-order valence-electron chi connectivity index (χ2n) is 4.84. The molecule has 0 spiro atoms. The Morgan fingerprint density at radius 2 is 1.90 bits per heavy atom. The molecule has 1 aromatic carbocycles. The van der Waals surface area contributed by atoms with Crippen LogP contribution < -0.4 is 5.32 Å². The maximum Gasteiger partial charge on any atom is 0.133 e. The van der Waals surface area contributed by atoms with Crippen LogP contribution in [0.15, 0.2) is 43.0 Å². The van der Waals surface area contributed by atoms with Gasteiger partial charge < -0.3 is 5.32 Å². The molecule has 4 heteroatoms. The van der Waals surface area contributed by atoms with Gasteiger partial charge in [0.2, 0.25) is 0 Å². The first-order chi connectivity index (χ1) is 10.3. The molecule has 0 bridgehead atoms. The number of hydrogen-bond donors (Lipinski definition) is 1. The summed E-state index contributed by atoms with van der Waals surface area (Å²) >= 11 is 0. The van der Waals surface area contributed by atoms with E-state index in [0.717, 1.165) is 41.0 Å². The minimum absolute atomic E-state index is 0.844. The molecule has 0 aliphatic heterocycles. The van der Waals surface area contributed by atoms with E-state index in [1.54, 1.807) is 6.33 Å². The number of aromatic nitrogens is 3. The molecule has 0 aliphatic carbocycles. The van der Waals surface area contributed by atoms with Crippen LogP contribution in [0.2, 0.25) is 0 Å². The van der Waals surface area contributed by atoms with Gasteiger partial charge in [-0.2, -0.15) is 0 Å². The molecule has 0 amide bonds. The van der Waals surface area contributed by atoms with Crippen molar-refractivity contribution >= 4 is 16.6 Å². The summed E-state index contributed by atoms with van der Waals surface area (Å²) in [6.45, 7) is 5.04. The number of nitrogens with zero attached hydrogens (tertiary/aromatic N) is 3. The Morgan fingerprint density at radius 1 is 1.05 bits per heavy atom. The maximum atomic E-state index is 4.52. The van der Waals surface area contributed by atoms with E-state index in [9.17, 15) is 0 Å². The van der Waals surface area contributed by atoms with Crippen molar-refractivity contribution in [3.63, 3.8) is 0 Å². The zero-order valence-electron chi connectivity index (χ0n) is 12.3. The van der Waals surface area contributed by atoms with E-state index in [0.29, 0.717) is 0 Å². The molecule has 0 saturated carbocycles. The number of benzene rings is 1. The van der Waals surface area contributed by atoms with E-state index in [-0.39, 0.29) is 0 Å². The lowest BCUT2D eigenvalue weighted by atomic mass is 10.0. The molecule has 0 radical (unpaired) electrons. The maximum absolute atomic E-state index is 4.52. The molecule has 3 rings (SSSR count). The number of nitrogens with one attached hydrogen (secondary N) is 1. The van der Waals surface area contributed by atoms with Crippen molar-refractivity contribution in [3.05, 3.63) is 48.5 Å². The summed E-state index contributed by atoms with van der Waals surface area (Å²) in [6, 6.07) is 8.26. The molecule has 4 nitrogen and oxygen atoms in total. The number of fused-ring (bicyclic) bond motifs is 1. The fourth-order valence-corrected chi connectivity index (χ4v) is 2.60. The van der Waals surface area contributed by atoms with E-state index in [1.165, 1.54) is 5.39 Å². The van der Waals surface area contributed by atoms with E-state index in [2.05, 4.69) is 46.2 Å². The minimum Gasteiger partial charge on any atom is -0.370 e. The molecule has 1 N–H and O–H groups in total. The molecule has 0 saturated heterocycles. The Morgan fingerprint density at radius 3 is 2.71 bits per heavy atom. The topological polar surface area (TPSA) is 50.7 Å². The van der Waals surface area contributed by atoms with Gasteiger partial charge in [-0.05, 0) is 18.7 Å². The summed E-state index contributed by atoms with van der Waals surface area (Å²) in [5.74, 6) is 0.915. The SMILES string of the molecule is CCNc1ncnc(-c2cncc3ccccc23)c1CC. The summed E-state index contributed by atoms with van der Waals surface area (Å²) in [5.41, 5.74) is 3.16. The molecule has 2 heterocycles. The van der Waals surface area contributed by atoms with Crippen molar-refractivity contribution in [2.75, 3.05) is 11.9 Å². The van der Waals surface area contributed by atoms with Crippen LogP contribution in [0.25, 0.3) is 22.0 Å². The smallest absolute Gasteiger partial charge is 0.133 e. The lowest BCUT2D eigenvalue weighted by molar-refractivity contribution is 1.03. The van der Waals surface area contributed by atoms with Gasteiger partial charge in [0.05, 0.1) is 5.69 Å². The van der Waals surface area contributed by atoms with E-state index in [4.69, 9.17) is 0 Å². The van der Waals surface area contributed by atoms with Gasteiger partial charge in [0.25, 0.3) is 0 Å². The first kappa shape index (κ1) is 13.5. The molecule has 0 atom stereocenters. The van der Waals surface area contributed by atoms with Gasteiger partial charge in [-0.3, -0.25) is 4.98 Å². The Balaban J connectivity index is 2.25. The minimum atomic E-state index is 0.844. The van der Waals surface area contributed by atoms with Gasteiger partial charge in [-0.25, -0.2) is 9.97 Å². The summed E-state index contributed by atoms with van der Waals surface area (Å²) in [7, 11) is 0. The van der Waals surface area contributed by atoms with Gasteiger partial charge in [0.15, 0.2) is 0 Å². The van der Waals surface area contributed by atoms with Crippen molar-refractivity contribution in [2.24, 2.45) is 0 Å². The van der Waals surface area contributed by atoms with Gasteiger partial charge in [0, 0.05) is 35.5 Å². The Kier molecular flexibility index (Phi) is 3.77.